The van der Waals surface area contributed by atoms with Crippen LogP contribution >= 0.6 is 0 Å². The highest BCUT2D eigenvalue weighted by atomic mass is 16.5. The molecule has 0 saturated heterocycles. The van der Waals surface area contributed by atoms with Gasteiger partial charge in [0.15, 0.2) is 0 Å². The van der Waals surface area contributed by atoms with E-state index in [0.29, 0.717) is 19.3 Å². The lowest BCUT2D eigenvalue weighted by molar-refractivity contribution is -0.151. The maximum atomic E-state index is 13.2. The summed E-state index contributed by atoms with van der Waals surface area (Å²) in [5.74, 6) is -0.533. The molecule has 61 heavy (non-hydrogen) atoms. The van der Waals surface area contributed by atoms with Crippen molar-refractivity contribution in [3.63, 3.8) is 0 Å². The van der Waals surface area contributed by atoms with Crippen LogP contribution in [0.1, 0.15) is 226 Å². The van der Waals surface area contributed by atoms with E-state index in [2.05, 4.69) is 86.8 Å². The number of rotatable bonds is 44. The summed E-state index contributed by atoms with van der Waals surface area (Å²) in [6.07, 6.45) is 62.1. The molecule has 0 rings (SSSR count). The van der Waals surface area contributed by atoms with Crippen molar-refractivity contribution in [2.45, 2.75) is 244 Å². The van der Waals surface area contributed by atoms with E-state index in [1.807, 2.05) is 24.3 Å². The van der Waals surface area contributed by atoms with Crippen LogP contribution in [-0.4, -0.2) is 46.9 Å². The quantitative estimate of drug-likeness (QED) is 0.0246. The van der Waals surface area contributed by atoms with E-state index in [-0.39, 0.29) is 24.9 Å². The Labute approximate surface area is 376 Å². The molecule has 3 unspecified atom stereocenters. The minimum absolute atomic E-state index is 0.0421. The van der Waals surface area contributed by atoms with Crippen LogP contribution < -0.4 is 5.32 Å². The molecule has 0 aliphatic rings. The number of ether oxygens (including phenoxy) is 1. The molecule has 3 N–H and O–H groups in total. The van der Waals surface area contributed by atoms with Gasteiger partial charge >= 0.3 is 5.97 Å². The maximum absolute atomic E-state index is 13.2. The molecule has 0 saturated carbocycles. The minimum atomic E-state index is -0.804. The van der Waals surface area contributed by atoms with Crippen molar-refractivity contribution in [2.75, 3.05) is 6.61 Å². The SMILES string of the molecule is CC/C=C/C=C/C=C/C=C\CCCCCC(CC(=O)NC(CO)C(O)CCCCCCCCCCCCCCC)OC(=O)CCCCCCCC/C=C/C/C=C/C/C=C/CC. The summed E-state index contributed by atoms with van der Waals surface area (Å²) in [6.45, 7) is 6.21. The van der Waals surface area contributed by atoms with Gasteiger partial charge in [-0.25, -0.2) is 0 Å². The van der Waals surface area contributed by atoms with Crippen molar-refractivity contribution in [3.05, 3.63) is 85.1 Å². The Balaban J connectivity index is 4.66. The van der Waals surface area contributed by atoms with Crippen LogP contribution in [0.25, 0.3) is 0 Å². The van der Waals surface area contributed by atoms with Gasteiger partial charge in [0.25, 0.3) is 0 Å². The smallest absolute Gasteiger partial charge is 0.306 e. The largest absolute Gasteiger partial charge is 0.462 e. The van der Waals surface area contributed by atoms with Crippen molar-refractivity contribution < 1.29 is 24.5 Å². The van der Waals surface area contributed by atoms with Crippen molar-refractivity contribution >= 4 is 11.9 Å². The zero-order chi connectivity index (χ0) is 44.5. The van der Waals surface area contributed by atoms with Crippen molar-refractivity contribution in [1.82, 2.24) is 5.32 Å². The predicted molar refractivity (Wildman–Crippen MR) is 264 cm³/mol. The molecule has 0 bridgehead atoms. The third-order valence-corrected chi connectivity index (χ3v) is 11.1. The van der Waals surface area contributed by atoms with E-state index in [4.69, 9.17) is 4.74 Å². The van der Waals surface area contributed by atoms with Crippen LogP contribution in [0.2, 0.25) is 0 Å². The molecule has 1 amide bonds. The summed E-state index contributed by atoms with van der Waals surface area (Å²) in [5.41, 5.74) is 0. The number of amides is 1. The second-order valence-electron chi connectivity index (χ2n) is 16.9. The number of unbranched alkanes of at least 4 members (excludes halogenated alkanes) is 21. The molecule has 0 radical (unpaired) electrons. The molecule has 6 nitrogen and oxygen atoms in total. The second kappa shape index (κ2) is 48.1. The van der Waals surface area contributed by atoms with E-state index in [9.17, 15) is 19.8 Å². The standard InChI is InChI=1S/C55H95NO5/c1-4-7-10-13-16-19-22-25-26-27-30-33-36-39-42-45-48-55(60)61-51(46-43-40-37-34-31-28-23-20-17-14-11-8-5-2)49-54(59)56-52(50-57)53(58)47-44-41-38-35-32-29-24-21-18-15-12-9-6-3/h7-8,10-11,14,16-17,19-20,23,25-26,28,31,51-53,57-58H,4-6,9,12-13,15,18,21-22,24,27,29-30,32-50H2,1-3H3,(H,56,59)/b10-7+,11-8+,17-14+,19-16+,23-20+,26-25+,31-28-. The first kappa shape index (κ1) is 58.0. The molecule has 0 fully saturated rings. The fraction of sp³-hybridized carbons (Fsp3) is 0.709. The van der Waals surface area contributed by atoms with Gasteiger partial charge in [-0.1, -0.05) is 221 Å². The number of carbonyl (C=O) groups excluding carboxylic acids is 2. The van der Waals surface area contributed by atoms with Crippen LogP contribution in [0.15, 0.2) is 85.1 Å². The van der Waals surface area contributed by atoms with E-state index in [1.165, 1.54) is 83.5 Å². The van der Waals surface area contributed by atoms with Gasteiger partial charge in [-0.2, -0.15) is 0 Å². The van der Waals surface area contributed by atoms with E-state index >= 15 is 0 Å². The Morgan fingerprint density at radius 3 is 1.56 bits per heavy atom. The topological polar surface area (TPSA) is 95.9 Å². The van der Waals surface area contributed by atoms with Crippen molar-refractivity contribution in [1.29, 1.82) is 0 Å². The third kappa shape index (κ3) is 43.5. The average molecular weight is 850 g/mol. The van der Waals surface area contributed by atoms with Gasteiger partial charge in [0, 0.05) is 6.42 Å². The molecular weight excluding hydrogens is 755 g/mol. The summed E-state index contributed by atoms with van der Waals surface area (Å²) in [5, 5.41) is 23.7. The number of nitrogens with one attached hydrogen (secondary N) is 1. The molecule has 0 aromatic rings. The van der Waals surface area contributed by atoms with Gasteiger partial charge < -0.3 is 20.3 Å². The Morgan fingerprint density at radius 1 is 0.508 bits per heavy atom. The van der Waals surface area contributed by atoms with Crippen molar-refractivity contribution in [3.8, 4) is 0 Å². The van der Waals surface area contributed by atoms with Gasteiger partial charge in [-0.05, 0) is 77.0 Å². The number of esters is 1. The van der Waals surface area contributed by atoms with E-state index < -0.39 is 18.2 Å². The predicted octanol–water partition coefficient (Wildman–Crippen LogP) is 15.2. The number of hydrogen-bond donors (Lipinski definition) is 3. The molecule has 0 aromatic carbocycles. The molecular formula is C55H95NO5. The lowest BCUT2D eigenvalue weighted by Gasteiger charge is -2.24. The first-order valence-corrected chi connectivity index (χ1v) is 25.4. The number of carbonyl (C=O) groups is 2. The van der Waals surface area contributed by atoms with E-state index in [1.54, 1.807) is 0 Å². The summed E-state index contributed by atoms with van der Waals surface area (Å²) >= 11 is 0. The molecule has 3 atom stereocenters. The van der Waals surface area contributed by atoms with Crippen molar-refractivity contribution in [2.24, 2.45) is 0 Å². The van der Waals surface area contributed by atoms with Gasteiger partial charge in [0.1, 0.15) is 6.10 Å². The highest BCUT2D eigenvalue weighted by Crippen LogP contribution is 2.17. The van der Waals surface area contributed by atoms with Gasteiger partial charge in [-0.15, -0.1) is 0 Å². The van der Waals surface area contributed by atoms with Gasteiger partial charge in [0.05, 0.1) is 25.2 Å². The maximum Gasteiger partial charge on any atom is 0.306 e. The summed E-state index contributed by atoms with van der Waals surface area (Å²) in [4.78, 5) is 26.1. The Morgan fingerprint density at radius 2 is 0.967 bits per heavy atom. The number of aliphatic hydroxyl groups excluding tert-OH is 2. The van der Waals surface area contributed by atoms with Crippen LogP contribution in [0.5, 0.6) is 0 Å². The zero-order valence-electron chi connectivity index (χ0n) is 39.8. The van der Waals surface area contributed by atoms with Crippen LogP contribution in [0, 0.1) is 0 Å². The molecule has 0 spiro atoms. The molecule has 0 aromatic heterocycles. The van der Waals surface area contributed by atoms with Crippen LogP contribution in [-0.2, 0) is 14.3 Å². The van der Waals surface area contributed by atoms with E-state index in [0.717, 1.165) is 96.3 Å². The fourth-order valence-corrected chi connectivity index (χ4v) is 7.28. The molecule has 0 heterocycles. The van der Waals surface area contributed by atoms with Crippen LogP contribution in [0.4, 0.5) is 0 Å². The Kier molecular flexibility index (Phi) is 45.7. The number of hydrogen-bond acceptors (Lipinski definition) is 5. The summed E-state index contributed by atoms with van der Waals surface area (Å²) in [6, 6.07) is -0.721. The first-order chi connectivity index (χ1) is 30.0. The monoisotopic (exact) mass is 850 g/mol. The molecule has 0 aliphatic carbocycles. The zero-order valence-corrected chi connectivity index (χ0v) is 39.8. The minimum Gasteiger partial charge on any atom is -0.462 e. The molecule has 350 valence electrons. The fourth-order valence-electron chi connectivity index (χ4n) is 7.28. The molecule has 0 aliphatic heterocycles. The van der Waals surface area contributed by atoms with Gasteiger partial charge in [-0.3, -0.25) is 9.59 Å². The highest BCUT2D eigenvalue weighted by molar-refractivity contribution is 5.77. The highest BCUT2D eigenvalue weighted by Gasteiger charge is 2.24. The third-order valence-electron chi connectivity index (χ3n) is 11.1. The van der Waals surface area contributed by atoms with Crippen LogP contribution in [0.3, 0.4) is 0 Å². The molecule has 6 heteroatoms. The lowest BCUT2D eigenvalue weighted by atomic mass is 10.0. The first-order valence-electron chi connectivity index (χ1n) is 25.4. The second-order valence-corrected chi connectivity index (χ2v) is 16.9. The Hall–Kier alpha value is -2.96. The lowest BCUT2D eigenvalue weighted by Crippen LogP contribution is -2.46. The summed E-state index contributed by atoms with van der Waals surface area (Å²) in [7, 11) is 0. The Bertz CT molecular complexity index is 1180. The summed E-state index contributed by atoms with van der Waals surface area (Å²) < 4.78 is 5.91. The van der Waals surface area contributed by atoms with Gasteiger partial charge in [0.2, 0.25) is 5.91 Å². The average Bonchev–Trinajstić information content (AvgIpc) is 3.25. The normalized spacial score (nSPS) is 14.0. The number of aliphatic hydroxyl groups is 2. The number of allylic oxidation sites excluding steroid dienone is 14.